The molecule has 3 aromatic heterocycles. The van der Waals surface area contributed by atoms with Crippen LogP contribution in [0.2, 0.25) is 0 Å². The quantitative estimate of drug-likeness (QED) is 0.512. The van der Waals surface area contributed by atoms with Crippen molar-refractivity contribution >= 4 is 22.1 Å². The van der Waals surface area contributed by atoms with E-state index < -0.39 is 23.7 Å². The zero-order valence-corrected chi connectivity index (χ0v) is 18.4. The van der Waals surface area contributed by atoms with E-state index in [0.717, 1.165) is 4.68 Å². The Balaban J connectivity index is 2.29. The number of nitrogens with zero attached hydrogens (tertiary/aromatic N) is 5. The van der Waals surface area contributed by atoms with E-state index in [4.69, 9.17) is 0 Å². The normalized spacial score (nSPS) is 11.7. The smallest absolute Gasteiger partial charge is 0.352 e. The third-order valence-electron chi connectivity index (χ3n) is 5.26. The van der Waals surface area contributed by atoms with Gasteiger partial charge in [0, 0.05) is 12.1 Å². The van der Waals surface area contributed by atoms with Crippen LogP contribution in [-0.2, 0) is 13.2 Å². The Kier molecular flexibility index (Phi) is 5.36. The number of aromatic nitrogens is 5. The molecule has 1 N–H and O–H groups in total. The minimum absolute atomic E-state index is 0.126. The molecule has 0 aliphatic heterocycles. The highest BCUT2D eigenvalue weighted by Gasteiger charge is 2.26. The fourth-order valence-corrected chi connectivity index (χ4v) is 4.68. The van der Waals surface area contributed by atoms with E-state index in [1.807, 2.05) is 13.8 Å². The summed E-state index contributed by atoms with van der Waals surface area (Å²) in [6, 6.07) is 4.07. The molecule has 162 valence electrons. The SMILES string of the molecule is CCn1c(CO)nn(-c2c(C(C)C)c3ccc(F)cc3c(=O)n2-c2scnc2C)c1=O. The topological polar surface area (TPSA) is 94.9 Å². The van der Waals surface area contributed by atoms with Crippen LogP contribution in [0.3, 0.4) is 0 Å². The summed E-state index contributed by atoms with van der Waals surface area (Å²) in [6.07, 6.45) is 0. The molecule has 0 bridgehead atoms. The Morgan fingerprint density at radius 2 is 1.97 bits per heavy atom. The molecule has 4 rings (SSSR count). The van der Waals surface area contributed by atoms with Crippen molar-refractivity contribution < 1.29 is 9.50 Å². The van der Waals surface area contributed by atoms with Crippen molar-refractivity contribution in [2.75, 3.05) is 0 Å². The lowest BCUT2D eigenvalue weighted by atomic mass is 9.96. The summed E-state index contributed by atoms with van der Waals surface area (Å²) in [5.41, 5.74) is 1.95. The van der Waals surface area contributed by atoms with Crippen LogP contribution in [0.15, 0.2) is 33.3 Å². The maximum Gasteiger partial charge on any atom is 0.352 e. The summed E-state index contributed by atoms with van der Waals surface area (Å²) >= 11 is 1.25. The molecule has 0 saturated heterocycles. The van der Waals surface area contributed by atoms with Gasteiger partial charge in [0.25, 0.3) is 5.56 Å². The maximum atomic E-state index is 14.1. The lowest BCUT2D eigenvalue weighted by Gasteiger charge is -2.20. The number of thiazole rings is 1. The number of aliphatic hydroxyl groups is 1. The lowest BCUT2D eigenvalue weighted by Crippen LogP contribution is -2.32. The predicted molar refractivity (Wildman–Crippen MR) is 117 cm³/mol. The molecule has 0 radical (unpaired) electrons. The fourth-order valence-electron chi connectivity index (χ4n) is 3.87. The van der Waals surface area contributed by atoms with Gasteiger partial charge in [-0.15, -0.1) is 16.4 Å². The van der Waals surface area contributed by atoms with Gasteiger partial charge < -0.3 is 5.11 Å². The van der Waals surface area contributed by atoms with Crippen molar-refractivity contribution in [1.82, 2.24) is 23.9 Å². The molecule has 0 amide bonds. The zero-order valence-electron chi connectivity index (χ0n) is 17.6. The number of fused-ring (bicyclic) bond motifs is 1. The second-order valence-corrected chi connectivity index (χ2v) is 8.31. The van der Waals surface area contributed by atoms with E-state index in [9.17, 15) is 19.1 Å². The van der Waals surface area contributed by atoms with Crippen molar-refractivity contribution in [3.05, 3.63) is 67.4 Å². The molecular formula is C21H22FN5O3S. The highest BCUT2D eigenvalue weighted by molar-refractivity contribution is 7.12. The average Bonchev–Trinajstić information content (AvgIpc) is 3.30. The van der Waals surface area contributed by atoms with Crippen molar-refractivity contribution in [2.45, 2.75) is 46.8 Å². The van der Waals surface area contributed by atoms with Gasteiger partial charge in [-0.2, -0.15) is 4.68 Å². The van der Waals surface area contributed by atoms with Crippen LogP contribution in [0.1, 0.15) is 43.8 Å². The summed E-state index contributed by atoms with van der Waals surface area (Å²) in [5, 5.41) is 15.4. The first-order chi connectivity index (χ1) is 14.8. The van der Waals surface area contributed by atoms with Crippen LogP contribution < -0.4 is 11.2 Å². The average molecular weight is 444 g/mol. The van der Waals surface area contributed by atoms with Gasteiger partial charge in [0.2, 0.25) is 0 Å². The largest absolute Gasteiger partial charge is 0.388 e. The van der Waals surface area contributed by atoms with Crippen LogP contribution in [0.25, 0.3) is 21.6 Å². The Morgan fingerprint density at radius 1 is 1.23 bits per heavy atom. The van der Waals surface area contributed by atoms with E-state index in [-0.39, 0.29) is 22.9 Å². The summed E-state index contributed by atoms with van der Waals surface area (Å²) in [6.45, 7) is 7.30. The van der Waals surface area contributed by atoms with Crippen molar-refractivity contribution in [3.63, 3.8) is 0 Å². The summed E-state index contributed by atoms with van der Waals surface area (Å²) in [5.74, 6) is -0.172. The van der Waals surface area contributed by atoms with Gasteiger partial charge in [-0.3, -0.25) is 9.36 Å². The molecule has 0 unspecified atom stereocenters. The zero-order chi connectivity index (χ0) is 22.4. The minimum Gasteiger partial charge on any atom is -0.388 e. The summed E-state index contributed by atoms with van der Waals surface area (Å²) in [4.78, 5) is 31.1. The van der Waals surface area contributed by atoms with Crippen molar-refractivity contribution in [1.29, 1.82) is 0 Å². The summed E-state index contributed by atoms with van der Waals surface area (Å²) < 4.78 is 18.0. The third kappa shape index (κ3) is 3.22. The number of rotatable bonds is 5. The molecule has 0 spiro atoms. The molecule has 0 aliphatic carbocycles. The molecule has 1 aromatic carbocycles. The minimum atomic E-state index is -0.519. The molecule has 0 saturated carbocycles. The van der Waals surface area contributed by atoms with E-state index in [2.05, 4.69) is 10.1 Å². The Bertz CT molecular complexity index is 1410. The predicted octanol–water partition coefficient (Wildman–Crippen LogP) is 2.88. The van der Waals surface area contributed by atoms with Gasteiger partial charge in [-0.05, 0) is 37.3 Å². The van der Waals surface area contributed by atoms with Crippen molar-refractivity contribution in [3.8, 4) is 10.8 Å². The second kappa shape index (κ2) is 7.86. The molecule has 0 fully saturated rings. The van der Waals surface area contributed by atoms with Gasteiger partial charge in [0.15, 0.2) is 11.6 Å². The number of aryl methyl sites for hydroxylation is 1. The van der Waals surface area contributed by atoms with Crippen LogP contribution in [0.4, 0.5) is 4.39 Å². The number of benzene rings is 1. The van der Waals surface area contributed by atoms with E-state index in [1.165, 1.54) is 32.6 Å². The van der Waals surface area contributed by atoms with Crippen LogP contribution in [0.5, 0.6) is 0 Å². The van der Waals surface area contributed by atoms with E-state index >= 15 is 0 Å². The molecule has 0 atom stereocenters. The molecule has 4 aromatic rings. The first-order valence-electron chi connectivity index (χ1n) is 9.88. The highest BCUT2D eigenvalue weighted by Crippen LogP contribution is 2.32. The second-order valence-electron chi connectivity index (χ2n) is 7.48. The molecule has 3 heterocycles. The molecule has 0 aliphatic rings. The Morgan fingerprint density at radius 3 is 2.52 bits per heavy atom. The van der Waals surface area contributed by atoms with Crippen molar-refractivity contribution in [2.24, 2.45) is 0 Å². The Hall–Kier alpha value is -3.11. The number of aliphatic hydroxyl groups excluding tert-OH is 1. The van der Waals surface area contributed by atoms with Gasteiger partial charge in [0.05, 0.1) is 16.6 Å². The van der Waals surface area contributed by atoms with Crippen LogP contribution >= 0.6 is 11.3 Å². The van der Waals surface area contributed by atoms with E-state index in [0.29, 0.717) is 28.2 Å². The monoisotopic (exact) mass is 443 g/mol. The fraction of sp³-hybridized carbons (Fsp3) is 0.333. The van der Waals surface area contributed by atoms with Crippen LogP contribution in [-0.4, -0.2) is 29.0 Å². The number of halogens is 1. The first kappa shape index (κ1) is 21.1. The van der Waals surface area contributed by atoms with E-state index in [1.54, 1.807) is 25.4 Å². The molecule has 10 heteroatoms. The lowest BCUT2D eigenvalue weighted by molar-refractivity contribution is 0.264. The first-order valence-corrected chi connectivity index (χ1v) is 10.8. The van der Waals surface area contributed by atoms with Gasteiger partial charge in [-0.1, -0.05) is 19.9 Å². The molecule has 31 heavy (non-hydrogen) atoms. The maximum absolute atomic E-state index is 14.1. The standard InChI is InChI=1S/C21H22FN5O3S/c1-5-25-16(9-28)24-27(21(25)30)18-17(11(2)3)14-7-6-13(22)8-15(14)19(29)26(18)20-12(4)23-10-31-20/h6-8,10-11,28H,5,9H2,1-4H3. The van der Waals surface area contributed by atoms with Gasteiger partial charge in [0.1, 0.15) is 17.4 Å². The number of pyridine rings is 1. The number of hydrogen-bond donors (Lipinski definition) is 1. The molecule has 8 nitrogen and oxygen atoms in total. The summed E-state index contributed by atoms with van der Waals surface area (Å²) in [7, 11) is 0. The highest BCUT2D eigenvalue weighted by atomic mass is 32.1. The van der Waals surface area contributed by atoms with Crippen LogP contribution in [0, 0.1) is 12.7 Å². The van der Waals surface area contributed by atoms with Gasteiger partial charge in [-0.25, -0.2) is 18.7 Å². The Labute approximate surface area is 180 Å². The van der Waals surface area contributed by atoms with Gasteiger partial charge >= 0.3 is 5.69 Å². The third-order valence-corrected chi connectivity index (χ3v) is 6.17. The number of hydrogen-bond acceptors (Lipinski definition) is 6. The molecular weight excluding hydrogens is 421 g/mol.